The van der Waals surface area contributed by atoms with Crippen molar-refractivity contribution in [2.75, 3.05) is 31.2 Å². The highest BCUT2D eigenvalue weighted by molar-refractivity contribution is 7.13. The van der Waals surface area contributed by atoms with Crippen molar-refractivity contribution in [1.29, 1.82) is 0 Å². The quantitative estimate of drug-likeness (QED) is 0.498. The normalized spacial score (nSPS) is 14.8. The van der Waals surface area contributed by atoms with Crippen molar-refractivity contribution < 1.29 is 9.53 Å². The first kappa shape index (κ1) is 19.3. The highest BCUT2D eigenvalue weighted by atomic mass is 32.1. The van der Waals surface area contributed by atoms with Gasteiger partial charge in [0.2, 0.25) is 5.91 Å². The van der Waals surface area contributed by atoms with Crippen molar-refractivity contribution in [3.63, 3.8) is 0 Å². The number of imidazole rings is 1. The van der Waals surface area contributed by atoms with E-state index in [1.165, 1.54) is 0 Å². The maximum atomic E-state index is 12.2. The van der Waals surface area contributed by atoms with Crippen molar-refractivity contribution in [1.82, 2.24) is 20.0 Å². The van der Waals surface area contributed by atoms with Gasteiger partial charge in [-0.1, -0.05) is 12.1 Å². The molecule has 4 rings (SSSR count). The molecular formula is C20H22N6O2S. The molecule has 0 radical (unpaired) electrons. The summed E-state index contributed by atoms with van der Waals surface area (Å²) in [5, 5.41) is 7.09. The lowest BCUT2D eigenvalue weighted by atomic mass is 10.1. The standard InChI is InChI=1S/C20H22N6O2S/c1-15(16-2-4-18(5-3-16)26-7-6-21-14-26)23-24-19(27)12-17-13-29-20(22-17)25-8-10-28-11-9-25/h2-7,13-14H,8-12H2,1H3,(H,24,27)/b23-15+. The smallest absolute Gasteiger partial charge is 0.246 e. The molecule has 1 aromatic carbocycles. The van der Waals surface area contributed by atoms with Crippen LogP contribution in [-0.2, 0) is 16.0 Å². The molecule has 0 aliphatic carbocycles. The fourth-order valence-corrected chi connectivity index (χ4v) is 3.86. The summed E-state index contributed by atoms with van der Waals surface area (Å²) in [6.45, 7) is 4.97. The Morgan fingerprint density at radius 1 is 1.28 bits per heavy atom. The van der Waals surface area contributed by atoms with E-state index in [0.717, 1.165) is 40.9 Å². The van der Waals surface area contributed by atoms with Gasteiger partial charge in [-0.3, -0.25) is 4.79 Å². The summed E-state index contributed by atoms with van der Waals surface area (Å²) in [4.78, 5) is 23.0. The number of amides is 1. The summed E-state index contributed by atoms with van der Waals surface area (Å²) < 4.78 is 7.29. The molecule has 0 unspecified atom stereocenters. The fraction of sp³-hybridized carbons (Fsp3) is 0.300. The van der Waals surface area contributed by atoms with Crippen molar-refractivity contribution in [3.8, 4) is 5.69 Å². The third-order valence-corrected chi connectivity index (χ3v) is 5.55. The molecule has 3 aromatic rings. The van der Waals surface area contributed by atoms with E-state index < -0.39 is 0 Å². The number of aromatic nitrogens is 3. The average Bonchev–Trinajstić information content (AvgIpc) is 3.45. The van der Waals surface area contributed by atoms with Crippen molar-refractivity contribution in [3.05, 3.63) is 59.6 Å². The Kier molecular flexibility index (Phi) is 5.97. The monoisotopic (exact) mass is 410 g/mol. The summed E-state index contributed by atoms with van der Waals surface area (Å²) in [5.74, 6) is -0.182. The van der Waals surface area contributed by atoms with E-state index in [1.807, 2.05) is 47.3 Å². The Bertz CT molecular complexity index is 975. The van der Waals surface area contributed by atoms with Gasteiger partial charge in [0, 0.05) is 36.6 Å². The third-order valence-electron chi connectivity index (χ3n) is 4.60. The molecule has 9 heteroatoms. The van der Waals surface area contributed by atoms with Crippen LogP contribution in [0.2, 0.25) is 0 Å². The molecule has 3 heterocycles. The van der Waals surface area contributed by atoms with Crippen molar-refractivity contribution >= 4 is 28.1 Å². The molecular weight excluding hydrogens is 388 g/mol. The van der Waals surface area contributed by atoms with E-state index in [1.54, 1.807) is 23.9 Å². The van der Waals surface area contributed by atoms with Gasteiger partial charge >= 0.3 is 0 Å². The first-order valence-electron chi connectivity index (χ1n) is 9.38. The molecule has 29 heavy (non-hydrogen) atoms. The van der Waals surface area contributed by atoms with Crippen LogP contribution in [0.15, 0.2) is 53.5 Å². The van der Waals surface area contributed by atoms with Crippen LogP contribution in [0.5, 0.6) is 0 Å². The number of anilines is 1. The number of hydrogen-bond acceptors (Lipinski definition) is 7. The van der Waals surface area contributed by atoms with Gasteiger partial charge in [-0.05, 0) is 24.6 Å². The molecule has 1 aliphatic rings. The van der Waals surface area contributed by atoms with Crippen LogP contribution in [0.1, 0.15) is 18.2 Å². The minimum absolute atomic E-state index is 0.182. The molecule has 0 bridgehead atoms. The van der Waals surface area contributed by atoms with E-state index in [9.17, 15) is 4.79 Å². The summed E-state index contributed by atoms with van der Waals surface area (Å²) >= 11 is 1.56. The number of nitrogens with zero attached hydrogens (tertiary/aromatic N) is 5. The predicted molar refractivity (Wildman–Crippen MR) is 113 cm³/mol. The fourth-order valence-electron chi connectivity index (χ4n) is 2.98. The lowest BCUT2D eigenvalue weighted by Crippen LogP contribution is -2.36. The minimum atomic E-state index is -0.182. The van der Waals surface area contributed by atoms with Gasteiger partial charge in [-0.25, -0.2) is 15.4 Å². The number of hydrogen-bond donors (Lipinski definition) is 1. The largest absolute Gasteiger partial charge is 0.378 e. The number of benzene rings is 1. The second-order valence-corrected chi connectivity index (χ2v) is 7.48. The maximum Gasteiger partial charge on any atom is 0.246 e. The van der Waals surface area contributed by atoms with E-state index in [0.29, 0.717) is 13.2 Å². The van der Waals surface area contributed by atoms with Crippen molar-refractivity contribution in [2.24, 2.45) is 5.10 Å². The number of carbonyl (C=O) groups excluding carboxylic acids is 1. The summed E-state index contributed by atoms with van der Waals surface area (Å²) in [7, 11) is 0. The number of hydrazone groups is 1. The van der Waals surface area contributed by atoms with Crippen LogP contribution in [0.4, 0.5) is 5.13 Å². The molecule has 1 fully saturated rings. The van der Waals surface area contributed by atoms with Gasteiger partial charge in [0.1, 0.15) is 0 Å². The van der Waals surface area contributed by atoms with E-state index in [2.05, 4.69) is 25.4 Å². The van der Waals surface area contributed by atoms with Gasteiger partial charge in [-0.2, -0.15) is 5.10 Å². The molecule has 1 aliphatic heterocycles. The van der Waals surface area contributed by atoms with Gasteiger partial charge in [0.25, 0.3) is 0 Å². The van der Waals surface area contributed by atoms with E-state index >= 15 is 0 Å². The molecule has 8 nitrogen and oxygen atoms in total. The van der Waals surface area contributed by atoms with E-state index in [4.69, 9.17) is 4.74 Å². The average molecular weight is 411 g/mol. The number of morpholine rings is 1. The van der Waals surface area contributed by atoms with Crippen molar-refractivity contribution in [2.45, 2.75) is 13.3 Å². The SMILES string of the molecule is C/C(=N\NC(=O)Cc1csc(N2CCOCC2)n1)c1ccc(-n2ccnc2)cc1. The number of ether oxygens (including phenoxy) is 1. The van der Waals surface area contributed by atoms with Gasteiger partial charge < -0.3 is 14.2 Å². The first-order valence-corrected chi connectivity index (χ1v) is 10.3. The highest BCUT2D eigenvalue weighted by Crippen LogP contribution is 2.21. The van der Waals surface area contributed by atoms with Crippen LogP contribution in [0, 0.1) is 0 Å². The number of nitrogens with one attached hydrogen (secondary N) is 1. The summed E-state index contributed by atoms with van der Waals surface area (Å²) in [6, 6.07) is 7.91. The van der Waals surface area contributed by atoms with E-state index in [-0.39, 0.29) is 12.3 Å². The molecule has 2 aromatic heterocycles. The highest BCUT2D eigenvalue weighted by Gasteiger charge is 2.15. The van der Waals surface area contributed by atoms with Gasteiger partial charge in [0.05, 0.1) is 37.4 Å². The number of carbonyl (C=O) groups is 1. The third kappa shape index (κ3) is 4.87. The van der Waals surface area contributed by atoms with Gasteiger partial charge in [-0.15, -0.1) is 11.3 Å². The van der Waals surface area contributed by atoms with Gasteiger partial charge in [0.15, 0.2) is 5.13 Å². The van der Waals surface area contributed by atoms with Crippen LogP contribution >= 0.6 is 11.3 Å². The lowest BCUT2D eigenvalue weighted by molar-refractivity contribution is -0.120. The van der Waals surface area contributed by atoms with Crippen LogP contribution in [0.25, 0.3) is 5.69 Å². The molecule has 0 saturated carbocycles. The predicted octanol–water partition coefficient (Wildman–Crippen LogP) is 2.25. The zero-order valence-corrected chi connectivity index (χ0v) is 16.9. The molecule has 150 valence electrons. The Morgan fingerprint density at radius 3 is 2.79 bits per heavy atom. The minimum Gasteiger partial charge on any atom is -0.378 e. The molecule has 0 atom stereocenters. The number of thiazole rings is 1. The van der Waals surface area contributed by atoms with Crippen LogP contribution in [-0.4, -0.2) is 52.5 Å². The second kappa shape index (κ2) is 8.97. The molecule has 0 spiro atoms. The zero-order chi connectivity index (χ0) is 20.1. The zero-order valence-electron chi connectivity index (χ0n) is 16.1. The Labute approximate surface area is 172 Å². The summed E-state index contributed by atoms with van der Waals surface area (Å²) in [6.07, 6.45) is 5.58. The lowest BCUT2D eigenvalue weighted by Gasteiger charge is -2.26. The molecule has 1 N–H and O–H groups in total. The Morgan fingerprint density at radius 2 is 2.07 bits per heavy atom. The summed E-state index contributed by atoms with van der Waals surface area (Å²) in [5.41, 5.74) is 6.08. The first-order chi connectivity index (χ1) is 14.2. The Balaban J connectivity index is 1.32. The topological polar surface area (TPSA) is 84.6 Å². The maximum absolute atomic E-state index is 12.2. The second-order valence-electron chi connectivity index (χ2n) is 6.65. The van der Waals surface area contributed by atoms with Crippen LogP contribution in [0.3, 0.4) is 0 Å². The Hall–Kier alpha value is -3.04. The molecule has 1 saturated heterocycles. The van der Waals surface area contributed by atoms with Crippen LogP contribution < -0.4 is 10.3 Å². The molecule has 1 amide bonds. The number of rotatable bonds is 6.